The fraction of sp³-hybridized carbons (Fsp3) is 0.818. The molecular weight excluding hydrogens is 160 g/mol. The van der Waals surface area contributed by atoms with Gasteiger partial charge in [-0.15, -0.1) is 0 Å². The molecule has 3 aliphatic carbocycles. The molecule has 1 heterocycles. The van der Waals surface area contributed by atoms with Gasteiger partial charge in [0, 0.05) is 12.0 Å². The van der Waals surface area contributed by atoms with Crippen molar-refractivity contribution in [2.75, 3.05) is 19.6 Å². The van der Waals surface area contributed by atoms with E-state index in [-0.39, 0.29) is 0 Å². The minimum Gasteiger partial charge on any atom is -0.330 e. The highest BCUT2D eigenvalue weighted by molar-refractivity contribution is 5.19. The number of fused-ring (bicyclic) bond motifs is 1. The van der Waals surface area contributed by atoms with Crippen LogP contribution in [0.25, 0.3) is 0 Å². The van der Waals surface area contributed by atoms with E-state index in [1.807, 2.05) is 0 Å². The topological polar surface area (TPSA) is 38.0 Å². The summed E-state index contributed by atoms with van der Waals surface area (Å²) in [7, 11) is 0. The van der Waals surface area contributed by atoms with E-state index in [4.69, 9.17) is 5.73 Å². The van der Waals surface area contributed by atoms with E-state index in [9.17, 15) is 0 Å². The van der Waals surface area contributed by atoms with Crippen molar-refractivity contribution in [3.8, 4) is 0 Å². The van der Waals surface area contributed by atoms with Gasteiger partial charge < -0.3 is 11.1 Å². The van der Waals surface area contributed by atoms with Crippen molar-refractivity contribution in [3.05, 3.63) is 12.2 Å². The number of allylic oxidation sites excluding steroid dienone is 1. The van der Waals surface area contributed by atoms with Gasteiger partial charge in [-0.25, -0.2) is 0 Å². The summed E-state index contributed by atoms with van der Waals surface area (Å²) in [5, 5.41) is 3.53. The zero-order valence-electron chi connectivity index (χ0n) is 8.00. The summed E-state index contributed by atoms with van der Waals surface area (Å²) in [6, 6.07) is 0. The molecule has 4 rings (SSSR count). The molecule has 4 atom stereocenters. The fourth-order valence-electron chi connectivity index (χ4n) is 3.70. The molecule has 0 aromatic carbocycles. The molecule has 2 bridgehead atoms. The molecule has 13 heavy (non-hydrogen) atoms. The smallest absolute Gasteiger partial charge is 0.00483 e. The van der Waals surface area contributed by atoms with Crippen molar-refractivity contribution in [2.24, 2.45) is 28.9 Å². The molecule has 0 aromatic heterocycles. The third kappa shape index (κ3) is 0.906. The average Bonchev–Trinajstić information content (AvgIpc) is 2.70. The first kappa shape index (κ1) is 8.01. The van der Waals surface area contributed by atoms with Crippen molar-refractivity contribution >= 4 is 0 Å². The lowest BCUT2D eigenvalue weighted by Gasteiger charge is -2.49. The maximum absolute atomic E-state index is 5.95. The highest BCUT2D eigenvalue weighted by Crippen LogP contribution is 2.53. The Morgan fingerprint density at radius 1 is 1.46 bits per heavy atom. The molecule has 1 saturated heterocycles. The standard InChI is InChI=1S/C11H18N2/c12-7-11-3-1-8(2-4-11)9-5-13-6-10(9)11/h1,3,8-10,13H,2,4-7,12H2. The summed E-state index contributed by atoms with van der Waals surface area (Å²) < 4.78 is 0. The van der Waals surface area contributed by atoms with Crippen LogP contribution in [-0.2, 0) is 0 Å². The maximum Gasteiger partial charge on any atom is 0.00483 e. The summed E-state index contributed by atoms with van der Waals surface area (Å²) >= 11 is 0. The molecule has 0 spiro atoms. The molecule has 4 aliphatic rings. The average molecular weight is 178 g/mol. The third-order valence-electron chi connectivity index (χ3n) is 4.55. The molecule has 2 fully saturated rings. The van der Waals surface area contributed by atoms with Crippen molar-refractivity contribution in [3.63, 3.8) is 0 Å². The molecule has 3 N–H and O–H groups in total. The first-order valence-corrected chi connectivity index (χ1v) is 5.46. The number of nitrogens with two attached hydrogens (primary N) is 1. The third-order valence-corrected chi connectivity index (χ3v) is 4.55. The zero-order valence-corrected chi connectivity index (χ0v) is 8.00. The molecule has 2 nitrogen and oxygen atoms in total. The van der Waals surface area contributed by atoms with Crippen LogP contribution in [0, 0.1) is 23.2 Å². The predicted octanol–water partition coefficient (Wildman–Crippen LogP) is 0.747. The summed E-state index contributed by atoms with van der Waals surface area (Å²) in [5.41, 5.74) is 6.31. The zero-order chi connectivity index (χ0) is 8.89. The van der Waals surface area contributed by atoms with Gasteiger partial charge in [-0.3, -0.25) is 0 Å². The highest BCUT2D eigenvalue weighted by atomic mass is 14.9. The van der Waals surface area contributed by atoms with Crippen LogP contribution in [0.4, 0.5) is 0 Å². The second-order valence-electron chi connectivity index (χ2n) is 4.93. The Bertz CT molecular complexity index is 248. The quantitative estimate of drug-likeness (QED) is 0.581. The van der Waals surface area contributed by atoms with Gasteiger partial charge in [-0.2, -0.15) is 0 Å². The summed E-state index contributed by atoms with van der Waals surface area (Å²) in [6.45, 7) is 3.27. The molecule has 4 unspecified atom stereocenters. The van der Waals surface area contributed by atoms with Crippen LogP contribution in [0.1, 0.15) is 12.8 Å². The van der Waals surface area contributed by atoms with Gasteiger partial charge in [0.15, 0.2) is 0 Å². The molecular formula is C11H18N2. The van der Waals surface area contributed by atoms with Gasteiger partial charge in [0.1, 0.15) is 0 Å². The van der Waals surface area contributed by atoms with Crippen LogP contribution in [0.5, 0.6) is 0 Å². The molecule has 0 amide bonds. The second kappa shape index (κ2) is 2.58. The van der Waals surface area contributed by atoms with Crippen LogP contribution in [0.2, 0.25) is 0 Å². The van der Waals surface area contributed by atoms with E-state index < -0.39 is 0 Å². The van der Waals surface area contributed by atoms with E-state index in [2.05, 4.69) is 17.5 Å². The van der Waals surface area contributed by atoms with Crippen LogP contribution in [0.15, 0.2) is 12.2 Å². The molecule has 0 aromatic rings. The van der Waals surface area contributed by atoms with Crippen molar-refractivity contribution in [1.29, 1.82) is 0 Å². The Morgan fingerprint density at radius 3 is 3.08 bits per heavy atom. The van der Waals surface area contributed by atoms with Crippen molar-refractivity contribution in [2.45, 2.75) is 12.8 Å². The minimum absolute atomic E-state index is 0.364. The SMILES string of the molecule is NCC12C=CC(CC1)C1CNCC12. The second-order valence-corrected chi connectivity index (χ2v) is 4.93. The van der Waals surface area contributed by atoms with E-state index in [1.165, 1.54) is 25.9 Å². The van der Waals surface area contributed by atoms with Gasteiger partial charge in [-0.1, -0.05) is 12.2 Å². The van der Waals surface area contributed by atoms with Gasteiger partial charge in [0.25, 0.3) is 0 Å². The Balaban J connectivity index is 2.01. The van der Waals surface area contributed by atoms with Crippen LogP contribution in [0.3, 0.4) is 0 Å². The number of hydrogen-bond acceptors (Lipinski definition) is 2. The van der Waals surface area contributed by atoms with E-state index in [0.717, 1.165) is 24.3 Å². The summed E-state index contributed by atoms with van der Waals surface area (Å²) in [6.07, 6.45) is 7.56. The largest absolute Gasteiger partial charge is 0.330 e. The maximum atomic E-state index is 5.95. The molecule has 1 saturated carbocycles. The number of rotatable bonds is 1. The molecule has 2 heteroatoms. The summed E-state index contributed by atoms with van der Waals surface area (Å²) in [4.78, 5) is 0. The van der Waals surface area contributed by atoms with Crippen molar-refractivity contribution in [1.82, 2.24) is 5.32 Å². The molecule has 0 radical (unpaired) electrons. The Labute approximate surface area is 79.6 Å². The lowest BCUT2D eigenvalue weighted by Crippen LogP contribution is -2.48. The lowest BCUT2D eigenvalue weighted by atomic mass is 9.55. The fourth-order valence-corrected chi connectivity index (χ4v) is 3.70. The van der Waals surface area contributed by atoms with E-state index >= 15 is 0 Å². The monoisotopic (exact) mass is 178 g/mol. The van der Waals surface area contributed by atoms with Crippen LogP contribution in [-0.4, -0.2) is 19.6 Å². The Hall–Kier alpha value is -0.340. The minimum atomic E-state index is 0.364. The Kier molecular flexibility index (Phi) is 1.59. The van der Waals surface area contributed by atoms with Gasteiger partial charge in [-0.05, 0) is 43.7 Å². The number of nitrogens with one attached hydrogen (secondary N) is 1. The lowest BCUT2D eigenvalue weighted by molar-refractivity contribution is 0.0797. The van der Waals surface area contributed by atoms with Gasteiger partial charge in [0.2, 0.25) is 0 Å². The van der Waals surface area contributed by atoms with Gasteiger partial charge in [0.05, 0.1) is 0 Å². The predicted molar refractivity (Wildman–Crippen MR) is 53.2 cm³/mol. The van der Waals surface area contributed by atoms with Crippen LogP contribution >= 0.6 is 0 Å². The Morgan fingerprint density at radius 2 is 2.38 bits per heavy atom. The van der Waals surface area contributed by atoms with E-state index in [1.54, 1.807) is 0 Å². The highest BCUT2D eigenvalue weighted by Gasteiger charge is 2.51. The normalized spacial score (nSPS) is 52.5. The van der Waals surface area contributed by atoms with Crippen LogP contribution < -0.4 is 11.1 Å². The first-order valence-electron chi connectivity index (χ1n) is 5.46. The summed E-state index contributed by atoms with van der Waals surface area (Å²) in [5.74, 6) is 2.58. The molecule has 72 valence electrons. The number of hydrogen-bond donors (Lipinski definition) is 2. The van der Waals surface area contributed by atoms with E-state index in [0.29, 0.717) is 5.41 Å². The van der Waals surface area contributed by atoms with Crippen molar-refractivity contribution < 1.29 is 0 Å². The molecule has 1 aliphatic heterocycles. The first-order chi connectivity index (χ1) is 6.36. The van der Waals surface area contributed by atoms with Gasteiger partial charge >= 0.3 is 0 Å².